The van der Waals surface area contributed by atoms with Crippen molar-refractivity contribution in [2.75, 3.05) is 5.73 Å². The van der Waals surface area contributed by atoms with Crippen molar-refractivity contribution in [3.8, 4) is 0 Å². The smallest absolute Gasteiger partial charge is 0.336 e. The normalized spacial score (nSPS) is 10.8. The zero-order chi connectivity index (χ0) is 11.2. The van der Waals surface area contributed by atoms with Crippen molar-refractivity contribution >= 4 is 34.2 Å². The van der Waals surface area contributed by atoms with Gasteiger partial charge in [-0.3, -0.25) is 4.68 Å². The SMILES string of the molecule is Cn1nc2cc(N)cc(C(=O)O)c2c1Cl. The summed E-state index contributed by atoms with van der Waals surface area (Å²) in [5, 5.41) is 13.8. The molecule has 6 heteroatoms. The zero-order valence-electron chi connectivity index (χ0n) is 7.86. The van der Waals surface area contributed by atoms with Gasteiger partial charge in [0.2, 0.25) is 0 Å². The maximum atomic E-state index is 11.0. The van der Waals surface area contributed by atoms with E-state index in [4.69, 9.17) is 22.4 Å². The summed E-state index contributed by atoms with van der Waals surface area (Å²) in [6.07, 6.45) is 0. The lowest BCUT2D eigenvalue weighted by molar-refractivity contribution is 0.0699. The highest BCUT2D eigenvalue weighted by Gasteiger charge is 2.16. The number of nitrogens with two attached hydrogens (primary N) is 1. The first-order valence-corrected chi connectivity index (χ1v) is 4.53. The average molecular weight is 226 g/mol. The number of aromatic carboxylic acids is 1. The molecular formula is C9H8ClN3O2. The Kier molecular flexibility index (Phi) is 2.04. The van der Waals surface area contributed by atoms with Gasteiger partial charge in [0, 0.05) is 12.7 Å². The fourth-order valence-electron chi connectivity index (χ4n) is 1.48. The van der Waals surface area contributed by atoms with Gasteiger partial charge in [-0.2, -0.15) is 5.10 Å². The van der Waals surface area contributed by atoms with Gasteiger partial charge < -0.3 is 10.8 Å². The number of halogens is 1. The van der Waals surface area contributed by atoms with Gasteiger partial charge in [0.25, 0.3) is 0 Å². The molecule has 1 heterocycles. The Morgan fingerprint density at radius 1 is 1.60 bits per heavy atom. The molecule has 3 N–H and O–H groups in total. The number of nitrogens with zero attached hydrogens (tertiary/aromatic N) is 2. The third-order valence-electron chi connectivity index (χ3n) is 2.12. The molecule has 0 aliphatic carbocycles. The van der Waals surface area contributed by atoms with Gasteiger partial charge in [0.15, 0.2) is 0 Å². The standard InChI is InChI=1S/C9H8ClN3O2/c1-13-8(10)7-5(9(14)15)2-4(11)3-6(7)12-13/h2-3H,11H2,1H3,(H,14,15). The molecule has 2 rings (SSSR count). The van der Waals surface area contributed by atoms with E-state index in [2.05, 4.69) is 5.10 Å². The molecule has 0 aliphatic rings. The van der Waals surface area contributed by atoms with Gasteiger partial charge in [-0.1, -0.05) is 11.6 Å². The van der Waals surface area contributed by atoms with Crippen molar-refractivity contribution in [3.63, 3.8) is 0 Å². The van der Waals surface area contributed by atoms with Crippen molar-refractivity contribution in [2.45, 2.75) is 0 Å². The second-order valence-electron chi connectivity index (χ2n) is 3.18. The van der Waals surface area contributed by atoms with Crippen LogP contribution in [0, 0.1) is 0 Å². The molecule has 0 unspecified atom stereocenters. The summed E-state index contributed by atoms with van der Waals surface area (Å²) in [6.45, 7) is 0. The highest BCUT2D eigenvalue weighted by Crippen LogP contribution is 2.28. The fourth-order valence-corrected chi connectivity index (χ4v) is 1.72. The Hall–Kier alpha value is -1.75. The van der Waals surface area contributed by atoms with E-state index in [0.29, 0.717) is 21.7 Å². The number of rotatable bonds is 1. The molecule has 0 saturated carbocycles. The van der Waals surface area contributed by atoms with Gasteiger partial charge in [0.1, 0.15) is 5.15 Å². The summed E-state index contributed by atoms with van der Waals surface area (Å²) < 4.78 is 1.41. The van der Waals surface area contributed by atoms with Crippen molar-refractivity contribution < 1.29 is 9.90 Å². The molecular weight excluding hydrogens is 218 g/mol. The predicted octanol–water partition coefficient (Wildman–Crippen LogP) is 1.51. The van der Waals surface area contributed by atoms with Gasteiger partial charge in [-0.05, 0) is 12.1 Å². The van der Waals surface area contributed by atoms with E-state index < -0.39 is 5.97 Å². The number of nitrogen functional groups attached to an aromatic ring is 1. The number of carboxylic acid groups (broad SMARTS) is 1. The van der Waals surface area contributed by atoms with Crippen molar-refractivity contribution in [3.05, 3.63) is 22.8 Å². The van der Waals surface area contributed by atoms with Gasteiger partial charge in [-0.15, -0.1) is 0 Å². The van der Waals surface area contributed by atoms with E-state index in [1.165, 1.54) is 10.7 Å². The number of fused-ring (bicyclic) bond motifs is 1. The van der Waals surface area contributed by atoms with Crippen LogP contribution in [-0.2, 0) is 7.05 Å². The number of benzene rings is 1. The molecule has 0 spiro atoms. The molecule has 0 bridgehead atoms. The third kappa shape index (κ3) is 1.41. The number of carboxylic acids is 1. The van der Waals surface area contributed by atoms with E-state index in [1.807, 2.05) is 0 Å². The van der Waals surface area contributed by atoms with Crippen LogP contribution < -0.4 is 5.73 Å². The molecule has 78 valence electrons. The Bertz CT molecular complexity index is 562. The summed E-state index contributed by atoms with van der Waals surface area (Å²) in [5.41, 5.74) is 6.48. The van der Waals surface area contributed by atoms with Gasteiger partial charge >= 0.3 is 5.97 Å². The van der Waals surface area contributed by atoms with Crippen molar-refractivity contribution in [2.24, 2.45) is 7.05 Å². The lowest BCUT2D eigenvalue weighted by atomic mass is 10.1. The van der Waals surface area contributed by atoms with Crippen molar-refractivity contribution in [1.82, 2.24) is 9.78 Å². The van der Waals surface area contributed by atoms with Gasteiger partial charge in [-0.25, -0.2) is 4.79 Å². The summed E-state index contributed by atoms with van der Waals surface area (Å²) in [5.74, 6) is -1.07. The quantitative estimate of drug-likeness (QED) is 0.721. The van der Waals surface area contributed by atoms with Crippen LogP contribution in [0.3, 0.4) is 0 Å². The second kappa shape index (κ2) is 3.13. The first-order chi connectivity index (χ1) is 7.00. The summed E-state index contributed by atoms with van der Waals surface area (Å²) in [7, 11) is 1.64. The third-order valence-corrected chi connectivity index (χ3v) is 2.55. The number of anilines is 1. The lowest BCUT2D eigenvalue weighted by Crippen LogP contribution is -1.99. The topological polar surface area (TPSA) is 81.1 Å². The van der Waals surface area contributed by atoms with Crippen LogP contribution in [0.2, 0.25) is 5.15 Å². The minimum atomic E-state index is -1.07. The fraction of sp³-hybridized carbons (Fsp3) is 0.111. The maximum absolute atomic E-state index is 11.0. The largest absolute Gasteiger partial charge is 0.478 e. The van der Waals surface area contributed by atoms with Crippen molar-refractivity contribution in [1.29, 1.82) is 0 Å². The maximum Gasteiger partial charge on any atom is 0.336 e. The highest BCUT2D eigenvalue weighted by molar-refractivity contribution is 6.35. The Morgan fingerprint density at radius 2 is 2.27 bits per heavy atom. The Morgan fingerprint density at radius 3 is 2.87 bits per heavy atom. The van der Waals surface area contributed by atoms with Crippen LogP contribution in [0.4, 0.5) is 5.69 Å². The van der Waals surface area contributed by atoms with Crippen LogP contribution in [0.15, 0.2) is 12.1 Å². The molecule has 0 aliphatic heterocycles. The molecule has 2 aromatic rings. The molecule has 5 nitrogen and oxygen atoms in total. The van der Waals surface area contributed by atoms with E-state index in [-0.39, 0.29) is 5.56 Å². The molecule has 1 aromatic heterocycles. The monoisotopic (exact) mass is 225 g/mol. The van der Waals surface area contributed by atoms with E-state index in [0.717, 1.165) is 0 Å². The molecule has 0 radical (unpaired) electrons. The predicted molar refractivity (Wildman–Crippen MR) is 57.1 cm³/mol. The lowest BCUT2D eigenvalue weighted by Gasteiger charge is -1.99. The van der Waals surface area contributed by atoms with Crippen LogP contribution >= 0.6 is 11.6 Å². The average Bonchev–Trinajstić information content (AvgIpc) is 2.41. The van der Waals surface area contributed by atoms with E-state index in [1.54, 1.807) is 13.1 Å². The molecule has 0 saturated heterocycles. The molecule has 0 fully saturated rings. The second-order valence-corrected chi connectivity index (χ2v) is 3.54. The van der Waals surface area contributed by atoms with E-state index >= 15 is 0 Å². The number of carbonyl (C=O) groups is 1. The van der Waals surface area contributed by atoms with Crippen LogP contribution in [0.1, 0.15) is 10.4 Å². The zero-order valence-corrected chi connectivity index (χ0v) is 8.62. The number of aryl methyl sites for hydroxylation is 1. The highest BCUT2D eigenvalue weighted by atomic mass is 35.5. The summed E-state index contributed by atoms with van der Waals surface area (Å²) in [4.78, 5) is 11.0. The van der Waals surface area contributed by atoms with Gasteiger partial charge in [0.05, 0.1) is 16.5 Å². The minimum absolute atomic E-state index is 0.0723. The van der Waals surface area contributed by atoms with E-state index in [9.17, 15) is 4.79 Å². The number of hydrogen-bond acceptors (Lipinski definition) is 3. The number of aromatic nitrogens is 2. The number of hydrogen-bond donors (Lipinski definition) is 2. The first kappa shape index (κ1) is 9.79. The molecule has 1 aromatic carbocycles. The molecule has 0 amide bonds. The minimum Gasteiger partial charge on any atom is -0.478 e. The first-order valence-electron chi connectivity index (χ1n) is 4.15. The van der Waals surface area contributed by atoms with Crippen LogP contribution in [0.5, 0.6) is 0 Å². The summed E-state index contributed by atoms with van der Waals surface area (Å²) >= 11 is 5.94. The Balaban J connectivity index is 2.94. The van der Waals surface area contributed by atoms with Crippen LogP contribution in [0.25, 0.3) is 10.9 Å². The summed E-state index contributed by atoms with van der Waals surface area (Å²) in [6, 6.07) is 2.96. The van der Waals surface area contributed by atoms with Crippen LogP contribution in [-0.4, -0.2) is 20.9 Å². The molecule has 0 atom stereocenters. The molecule has 15 heavy (non-hydrogen) atoms. The Labute approximate surface area is 90.0 Å².